The highest BCUT2D eigenvalue weighted by Crippen LogP contribution is 2.23. The van der Waals surface area contributed by atoms with E-state index >= 15 is 0 Å². The summed E-state index contributed by atoms with van der Waals surface area (Å²) in [4.78, 5) is 12.5. The van der Waals surface area contributed by atoms with Gasteiger partial charge in [0.25, 0.3) is 5.91 Å². The summed E-state index contributed by atoms with van der Waals surface area (Å²) in [6.45, 7) is 2.39. The third-order valence-corrected chi connectivity index (χ3v) is 4.68. The predicted molar refractivity (Wildman–Crippen MR) is 114 cm³/mol. The standard InChI is InChI=1S/C21H22N4O3.ClH/c1-27-17-8-4-14(5-9-17)18-12-19(25-24-18)21(26)23-16-6-2-15(3-7-16)20-13-22-10-11-28-20;/h2-9,12,20,22H,10-11,13H2,1H3,(H,23,26)(H,24,25);1H/t20-;/m1./s1. The van der Waals surface area contributed by atoms with Gasteiger partial charge in [-0.1, -0.05) is 12.1 Å². The number of amides is 1. The highest BCUT2D eigenvalue weighted by molar-refractivity contribution is 6.03. The molecule has 3 N–H and O–H groups in total. The number of aromatic nitrogens is 2. The zero-order valence-electron chi connectivity index (χ0n) is 16.0. The van der Waals surface area contributed by atoms with Crippen LogP contribution < -0.4 is 15.4 Å². The van der Waals surface area contributed by atoms with Crippen LogP contribution in [0.15, 0.2) is 54.6 Å². The van der Waals surface area contributed by atoms with Crippen LogP contribution in [0, 0.1) is 0 Å². The Kier molecular flexibility index (Phi) is 6.87. The highest BCUT2D eigenvalue weighted by Gasteiger charge is 2.16. The molecule has 1 saturated heterocycles. The number of aromatic amines is 1. The molecule has 29 heavy (non-hydrogen) atoms. The van der Waals surface area contributed by atoms with Crippen LogP contribution >= 0.6 is 12.4 Å². The second-order valence-electron chi connectivity index (χ2n) is 6.54. The van der Waals surface area contributed by atoms with Gasteiger partial charge in [-0.2, -0.15) is 5.10 Å². The largest absolute Gasteiger partial charge is 0.497 e. The third-order valence-electron chi connectivity index (χ3n) is 4.68. The summed E-state index contributed by atoms with van der Waals surface area (Å²) in [6, 6.07) is 17.0. The van der Waals surface area contributed by atoms with Crippen molar-refractivity contribution >= 4 is 24.0 Å². The molecule has 0 bridgehead atoms. The van der Waals surface area contributed by atoms with Gasteiger partial charge in [-0.3, -0.25) is 9.89 Å². The maximum absolute atomic E-state index is 12.5. The molecular weight excluding hydrogens is 392 g/mol. The first-order chi connectivity index (χ1) is 13.7. The van der Waals surface area contributed by atoms with Gasteiger partial charge in [-0.05, 0) is 48.0 Å². The topological polar surface area (TPSA) is 88.3 Å². The van der Waals surface area contributed by atoms with Gasteiger partial charge in [0.05, 0.1) is 25.5 Å². The van der Waals surface area contributed by atoms with E-state index in [0.717, 1.165) is 35.7 Å². The SMILES string of the molecule is COc1ccc(-c2cc(C(=O)Nc3ccc([C@H]4CNCCO4)cc3)[nH]n2)cc1.Cl. The van der Waals surface area contributed by atoms with Gasteiger partial charge in [0.2, 0.25) is 0 Å². The van der Waals surface area contributed by atoms with Crippen molar-refractivity contribution in [1.82, 2.24) is 15.5 Å². The second-order valence-corrected chi connectivity index (χ2v) is 6.54. The number of methoxy groups -OCH3 is 1. The Balaban J connectivity index is 0.00000240. The smallest absolute Gasteiger partial charge is 0.273 e. The first-order valence-electron chi connectivity index (χ1n) is 9.16. The Bertz CT molecular complexity index is 935. The number of nitrogens with one attached hydrogen (secondary N) is 3. The molecule has 2 aromatic carbocycles. The lowest BCUT2D eigenvalue weighted by Gasteiger charge is -2.24. The van der Waals surface area contributed by atoms with Crippen molar-refractivity contribution in [3.8, 4) is 17.0 Å². The van der Waals surface area contributed by atoms with E-state index in [9.17, 15) is 4.79 Å². The van der Waals surface area contributed by atoms with E-state index in [-0.39, 0.29) is 24.4 Å². The molecule has 3 aromatic rings. The van der Waals surface area contributed by atoms with Crippen LogP contribution in [0.5, 0.6) is 5.75 Å². The van der Waals surface area contributed by atoms with E-state index in [1.54, 1.807) is 13.2 Å². The quantitative estimate of drug-likeness (QED) is 0.595. The van der Waals surface area contributed by atoms with Gasteiger partial charge in [-0.25, -0.2) is 0 Å². The van der Waals surface area contributed by atoms with Crippen molar-refractivity contribution in [1.29, 1.82) is 0 Å². The van der Waals surface area contributed by atoms with E-state index < -0.39 is 0 Å². The zero-order valence-corrected chi connectivity index (χ0v) is 16.8. The van der Waals surface area contributed by atoms with E-state index in [1.807, 2.05) is 48.5 Å². The normalized spacial score (nSPS) is 16.0. The molecule has 0 radical (unpaired) electrons. The molecule has 1 aromatic heterocycles. The third kappa shape index (κ3) is 4.95. The van der Waals surface area contributed by atoms with Crippen molar-refractivity contribution < 1.29 is 14.3 Å². The number of nitrogens with zero attached hydrogens (tertiary/aromatic N) is 1. The van der Waals surface area contributed by atoms with Crippen LogP contribution in [0.2, 0.25) is 0 Å². The summed E-state index contributed by atoms with van der Waals surface area (Å²) in [6.07, 6.45) is 0.0539. The van der Waals surface area contributed by atoms with Gasteiger partial charge >= 0.3 is 0 Å². The maximum atomic E-state index is 12.5. The molecule has 1 aliphatic heterocycles. The van der Waals surface area contributed by atoms with E-state index in [4.69, 9.17) is 9.47 Å². The van der Waals surface area contributed by atoms with E-state index in [0.29, 0.717) is 18.0 Å². The number of morpholine rings is 1. The van der Waals surface area contributed by atoms with Crippen molar-refractivity contribution in [2.75, 3.05) is 32.1 Å². The van der Waals surface area contributed by atoms with Crippen molar-refractivity contribution in [3.05, 3.63) is 65.9 Å². The number of rotatable bonds is 5. The number of anilines is 1. The molecule has 152 valence electrons. The molecule has 1 amide bonds. The van der Waals surface area contributed by atoms with Crippen LogP contribution in [0.1, 0.15) is 22.2 Å². The summed E-state index contributed by atoms with van der Waals surface area (Å²) in [5, 5.41) is 13.2. The molecule has 2 heterocycles. The minimum Gasteiger partial charge on any atom is -0.497 e. The highest BCUT2D eigenvalue weighted by atomic mass is 35.5. The molecule has 1 aliphatic rings. The van der Waals surface area contributed by atoms with Gasteiger partial charge in [0, 0.05) is 24.3 Å². The number of hydrogen-bond donors (Lipinski definition) is 3. The van der Waals surface area contributed by atoms with Crippen LogP contribution in [-0.4, -0.2) is 42.9 Å². The Morgan fingerprint density at radius 3 is 2.59 bits per heavy atom. The van der Waals surface area contributed by atoms with Crippen molar-refractivity contribution in [2.45, 2.75) is 6.10 Å². The molecule has 1 fully saturated rings. The molecule has 0 unspecified atom stereocenters. The molecule has 4 rings (SSSR count). The second kappa shape index (κ2) is 9.56. The molecule has 8 heteroatoms. The lowest BCUT2D eigenvalue weighted by Crippen LogP contribution is -2.33. The minimum atomic E-state index is -0.240. The fourth-order valence-corrected chi connectivity index (χ4v) is 3.11. The maximum Gasteiger partial charge on any atom is 0.273 e. The predicted octanol–water partition coefficient (Wildman–Crippen LogP) is 3.42. The lowest BCUT2D eigenvalue weighted by molar-refractivity contribution is 0.0277. The molecule has 0 saturated carbocycles. The number of benzene rings is 2. The summed E-state index contributed by atoms with van der Waals surface area (Å²) in [5.74, 6) is 0.533. The number of hydrogen-bond acceptors (Lipinski definition) is 5. The van der Waals surface area contributed by atoms with E-state index in [1.165, 1.54) is 0 Å². The fraction of sp³-hybridized carbons (Fsp3) is 0.238. The molecular formula is C21H23ClN4O3. The summed E-state index contributed by atoms with van der Waals surface area (Å²) >= 11 is 0. The molecule has 7 nitrogen and oxygen atoms in total. The molecule has 0 aliphatic carbocycles. The number of carbonyl (C=O) groups is 1. The van der Waals surface area contributed by atoms with Gasteiger partial charge < -0.3 is 20.1 Å². The summed E-state index contributed by atoms with van der Waals surface area (Å²) in [7, 11) is 1.62. The van der Waals surface area contributed by atoms with Crippen molar-refractivity contribution in [2.24, 2.45) is 0 Å². The fourth-order valence-electron chi connectivity index (χ4n) is 3.11. The number of ether oxygens (including phenoxy) is 2. The number of H-pyrrole nitrogens is 1. The first kappa shape index (κ1) is 20.9. The van der Waals surface area contributed by atoms with Crippen LogP contribution in [-0.2, 0) is 4.74 Å². The van der Waals surface area contributed by atoms with E-state index in [2.05, 4.69) is 20.8 Å². The lowest BCUT2D eigenvalue weighted by atomic mass is 10.1. The minimum absolute atomic E-state index is 0. The van der Waals surface area contributed by atoms with Crippen LogP contribution in [0.4, 0.5) is 5.69 Å². The summed E-state index contributed by atoms with van der Waals surface area (Å²) < 4.78 is 10.9. The van der Waals surface area contributed by atoms with Gasteiger partial charge in [-0.15, -0.1) is 12.4 Å². The average Bonchev–Trinajstić information content (AvgIpc) is 3.25. The number of carbonyl (C=O) groups excluding carboxylic acids is 1. The Hall–Kier alpha value is -2.87. The zero-order chi connectivity index (χ0) is 19.3. The van der Waals surface area contributed by atoms with Crippen molar-refractivity contribution in [3.63, 3.8) is 0 Å². The van der Waals surface area contributed by atoms with Gasteiger partial charge in [0.1, 0.15) is 11.4 Å². The average molecular weight is 415 g/mol. The van der Waals surface area contributed by atoms with Crippen LogP contribution in [0.25, 0.3) is 11.3 Å². The Labute approximate surface area is 175 Å². The first-order valence-corrected chi connectivity index (χ1v) is 9.16. The van der Waals surface area contributed by atoms with Crippen LogP contribution in [0.3, 0.4) is 0 Å². The monoisotopic (exact) mass is 414 g/mol. The molecule has 1 atom stereocenters. The van der Waals surface area contributed by atoms with Gasteiger partial charge in [0.15, 0.2) is 0 Å². The molecule has 0 spiro atoms. The summed E-state index contributed by atoms with van der Waals surface area (Å²) in [5.41, 5.74) is 3.81. The number of halogens is 1. The Morgan fingerprint density at radius 2 is 1.93 bits per heavy atom. The Morgan fingerprint density at radius 1 is 1.17 bits per heavy atom.